The summed E-state index contributed by atoms with van der Waals surface area (Å²) in [5, 5.41) is 8.64. The number of carbonyl (C=O) groups is 1. The van der Waals surface area contributed by atoms with Crippen LogP contribution in [-0.4, -0.2) is 32.7 Å². The molecule has 0 radical (unpaired) electrons. The van der Waals surface area contributed by atoms with E-state index in [0.29, 0.717) is 12.3 Å². The van der Waals surface area contributed by atoms with Crippen LogP contribution in [0.25, 0.3) is 0 Å². The highest BCUT2D eigenvalue weighted by atomic mass is 32.1. The van der Waals surface area contributed by atoms with Crippen LogP contribution in [0.5, 0.6) is 0 Å². The van der Waals surface area contributed by atoms with Crippen molar-refractivity contribution in [3.05, 3.63) is 52.7 Å². The van der Waals surface area contributed by atoms with Gasteiger partial charge in [0, 0.05) is 30.0 Å². The van der Waals surface area contributed by atoms with Crippen molar-refractivity contribution in [3.8, 4) is 0 Å². The van der Waals surface area contributed by atoms with E-state index in [1.807, 2.05) is 41.7 Å². The molecule has 1 unspecified atom stereocenters. The lowest BCUT2D eigenvalue weighted by Crippen LogP contribution is -2.38. The number of hydrogen-bond donors (Lipinski definition) is 2. The molecule has 0 saturated carbocycles. The lowest BCUT2D eigenvalue weighted by atomic mass is 9.69. The fourth-order valence-corrected chi connectivity index (χ4v) is 4.94. The lowest BCUT2D eigenvalue weighted by molar-refractivity contribution is -0.117. The van der Waals surface area contributed by atoms with Gasteiger partial charge in [0.2, 0.25) is 5.91 Å². The molecule has 1 aliphatic rings. The van der Waals surface area contributed by atoms with E-state index in [4.69, 9.17) is 4.74 Å². The number of para-hydroxylation sites is 1. The number of thiophene rings is 1. The van der Waals surface area contributed by atoms with Gasteiger partial charge in [0.05, 0.1) is 6.61 Å². The van der Waals surface area contributed by atoms with Crippen molar-refractivity contribution in [3.63, 3.8) is 0 Å². The first-order valence-electron chi connectivity index (χ1n) is 9.79. The van der Waals surface area contributed by atoms with Crippen LogP contribution in [0.1, 0.15) is 42.9 Å². The van der Waals surface area contributed by atoms with Crippen LogP contribution in [0.3, 0.4) is 0 Å². The van der Waals surface area contributed by atoms with Crippen molar-refractivity contribution >= 4 is 22.9 Å². The molecule has 0 bridgehead atoms. The standard InChI is InChI=1S/C22H30N2O2S/c1-26-17-18(20-8-5-15-27-20)16-22(11-13-23-14-12-22)10-9-21(25)24-19-6-3-2-4-7-19/h2-8,15,18,23H,9-14,16-17H2,1H3,(H,24,25). The van der Waals surface area contributed by atoms with Crippen LogP contribution in [0.15, 0.2) is 47.8 Å². The van der Waals surface area contributed by atoms with Gasteiger partial charge in [-0.3, -0.25) is 4.79 Å². The van der Waals surface area contributed by atoms with Crippen LogP contribution in [0, 0.1) is 5.41 Å². The molecule has 0 spiro atoms. The Morgan fingerprint density at radius 2 is 2.00 bits per heavy atom. The maximum Gasteiger partial charge on any atom is 0.224 e. The average Bonchev–Trinajstić information content (AvgIpc) is 3.23. The molecule has 2 aromatic rings. The van der Waals surface area contributed by atoms with Gasteiger partial charge in [0.15, 0.2) is 0 Å². The van der Waals surface area contributed by atoms with Crippen molar-refractivity contribution in [2.24, 2.45) is 5.41 Å². The molecule has 3 rings (SSSR count). The maximum absolute atomic E-state index is 12.5. The van der Waals surface area contributed by atoms with Crippen LogP contribution in [-0.2, 0) is 9.53 Å². The van der Waals surface area contributed by atoms with E-state index in [0.717, 1.165) is 51.1 Å². The van der Waals surface area contributed by atoms with Gasteiger partial charge >= 0.3 is 0 Å². The molecule has 1 aliphatic heterocycles. The van der Waals surface area contributed by atoms with Gasteiger partial charge in [0.25, 0.3) is 0 Å². The summed E-state index contributed by atoms with van der Waals surface area (Å²) in [5.74, 6) is 0.517. The number of amides is 1. The fraction of sp³-hybridized carbons (Fsp3) is 0.500. The Hall–Kier alpha value is -1.69. The minimum Gasteiger partial charge on any atom is -0.384 e. The topological polar surface area (TPSA) is 50.4 Å². The molecular formula is C22H30N2O2S. The van der Waals surface area contributed by atoms with Gasteiger partial charge < -0.3 is 15.4 Å². The Labute approximate surface area is 166 Å². The number of rotatable bonds is 9. The number of hydrogen-bond acceptors (Lipinski definition) is 4. The Balaban J connectivity index is 1.64. The Morgan fingerprint density at radius 1 is 1.22 bits per heavy atom. The van der Waals surface area contributed by atoms with E-state index < -0.39 is 0 Å². The zero-order valence-corrected chi connectivity index (χ0v) is 16.9. The summed E-state index contributed by atoms with van der Waals surface area (Å²) in [6.07, 6.45) is 4.83. The number of piperidine rings is 1. The third kappa shape index (κ3) is 5.89. The Kier molecular flexibility index (Phi) is 7.44. The van der Waals surface area contributed by atoms with Crippen molar-refractivity contribution < 1.29 is 9.53 Å². The Bertz CT molecular complexity index is 682. The summed E-state index contributed by atoms with van der Waals surface area (Å²) in [6, 6.07) is 14.0. The third-order valence-corrected chi connectivity index (χ3v) is 6.63. The first kappa shape index (κ1) is 20.1. The zero-order chi connectivity index (χ0) is 19.0. The van der Waals surface area contributed by atoms with Crippen LogP contribution in [0.4, 0.5) is 5.69 Å². The zero-order valence-electron chi connectivity index (χ0n) is 16.1. The number of ether oxygens (including phenoxy) is 1. The molecule has 1 aromatic carbocycles. The number of methoxy groups -OCH3 is 1. The van der Waals surface area contributed by atoms with Gasteiger partial charge in [-0.2, -0.15) is 0 Å². The molecule has 1 saturated heterocycles. The molecule has 1 fully saturated rings. The van der Waals surface area contributed by atoms with Crippen molar-refractivity contribution in [1.82, 2.24) is 5.32 Å². The maximum atomic E-state index is 12.5. The van der Waals surface area contributed by atoms with Crippen LogP contribution < -0.4 is 10.6 Å². The van der Waals surface area contributed by atoms with Crippen molar-refractivity contribution in [2.45, 2.75) is 38.0 Å². The molecule has 5 heteroatoms. The van der Waals surface area contributed by atoms with E-state index >= 15 is 0 Å². The summed E-state index contributed by atoms with van der Waals surface area (Å²) in [7, 11) is 1.78. The van der Waals surface area contributed by atoms with E-state index in [1.54, 1.807) is 7.11 Å². The second-order valence-electron chi connectivity index (χ2n) is 7.54. The van der Waals surface area contributed by atoms with Gasteiger partial charge in [-0.25, -0.2) is 0 Å². The predicted octanol–water partition coefficient (Wildman–Crippen LogP) is 4.66. The summed E-state index contributed by atoms with van der Waals surface area (Å²) in [5.41, 5.74) is 1.07. The van der Waals surface area contributed by atoms with Gasteiger partial charge in [0.1, 0.15) is 0 Å². The second kappa shape index (κ2) is 10.0. The number of carbonyl (C=O) groups excluding carboxylic acids is 1. The smallest absolute Gasteiger partial charge is 0.224 e. The van der Waals surface area contributed by atoms with Crippen LogP contribution >= 0.6 is 11.3 Å². The van der Waals surface area contributed by atoms with Gasteiger partial charge in [-0.1, -0.05) is 24.3 Å². The number of anilines is 1. The lowest BCUT2D eigenvalue weighted by Gasteiger charge is -2.40. The van der Waals surface area contributed by atoms with Crippen molar-refractivity contribution in [1.29, 1.82) is 0 Å². The van der Waals surface area contributed by atoms with Crippen LogP contribution in [0.2, 0.25) is 0 Å². The minimum atomic E-state index is 0.110. The summed E-state index contributed by atoms with van der Waals surface area (Å²) in [4.78, 5) is 13.9. The van der Waals surface area contributed by atoms with E-state index in [2.05, 4.69) is 28.1 Å². The molecule has 4 nitrogen and oxygen atoms in total. The molecule has 1 amide bonds. The SMILES string of the molecule is COCC(CC1(CCC(=O)Nc2ccccc2)CCNCC1)c1cccs1. The normalized spacial score (nSPS) is 17.4. The molecule has 2 heterocycles. The second-order valence-corrected chi connectivity index (χ2v) is 8.52. The molecule has 2 N–H and O–H groups in total. The monoisotopic (exact) mass is 386 g/mol. The van der Waals surface area contributed by atoms with Gasteiger partial charge in [-0.05, 0) is 67.8 Å². The number of benzene rings is 1. The first-order chi connectivity index (χ1) is 13.2. The minimum absolute atomic E-state index is 0.110. The first-order valence-corrected chi connectivity index (χ1v) is 10.7. The third-order valence-electron chi connectivity index (χ3n) is 5.60. The van der Waals surface area contributed by atoms with E-state index in [9.17, 15) is 4.79 Å². The molecule has 1 aromatic heterocycles. The quantitative estimate of drug-likeness (QED) is 0.659. The van der Waals surface area contributed by atoms with E-state index in [-0.39, 0.29) is 11.3 Å². The number of nitrogens with one attached hydrogen (secondary N) is 2. The fourth-order valence-electron chi connectivity index (χ4n) is 4.13. The molecular weight excluding hydrogens is 356 g/mol. The van der Waals surface area contributed by atoms with Gasteiger partial charge in [-0.15, -0.1) is 11.3 Å². The highest BCUT2D eigenvalue weighted by molar-refractivity contribution is 7.10. The largest absolute Gasteiger partial charge is 0.384 e. The summed E-state index contributed by atoms with van der Waals surface area (Å²) >= 11 is 1.81. The van der Waals surface area contributed by atoms with E-state index in [1.165, 1.54) is 4.88 Å². The predicted molar refractivity (Wildman–Crippen MR) is 112 cm³/mol. The summed E-state index contributed by atoms with van der Waals surface area (Å²) in [6.45, 7) is 2.81. The summed E-state index contributed by atoms with van der Waals surface area (Å²) < 4.78 is 5.53. The molecule has 0 aliphatic carbocycles. The molecule has 27 heavy (non-hydrogen) atoms. The highest BCUT2D eigenvalue weighted by Crippen LogP contribution is 2.43. The molecule has 146 valence electrons. The average molecular weight is 387 g/mol. The van der Waals surface area contributed by atoms with Crippen molar-refractivity contribution in [2.75, 3.05) is 32.1 Å². The molecule has 1 atom stereocenters. The Morgan fingerprint density at radius 3 is 2.67 bits per heavy atom. The highest BCUT2D eigenvalue weighted by Gasteiger charge is 2.35.